The number of halogens is 1. The number of carbonyl (C=O) groups excluding carboxylic acids is 1. The second-order valence-corrected chi connectivity index (χ2v) is 5.31. The molecule has 1 amide bonds. The summed E-state index contributed by atoms with van der Waals surface area (Å²) in [5.74, 6) is 1.36. The summed E-state index contributed by atoms with van der Waals surface area (Å²) in [4.78, 5) is 11.4. The van der Waals surface area contributed by atoms with Crippen molar-refractivity contribution >= 4 is 17.7 Å². The molecule has 0 aliphatic heterocycles. The molecule has 0 saturated heterocycles. The molecule has 0 aromatic heterocycles. The fourth-order valence-electron chi connectivity index (χ4n) is 1.57. The first kappa shape index (κ1) is 16.0. The van der Waals surface area contributed by atoms with Crippen molar-refractivity contribution < 1.29 is 9.18 Å². The largest absolute Gasteiger partial charge is 0.355 e. The maximum atomic E-state index is 13.3. The lowest BCUT2D eigenvalue weighted by atomic mass is 10.2. The molecule has 0 spiro atoms. The van der Waals surface area contributed by atoms with E-state index in [1.807, 2.05) is 13.1 Å². The van der Waals surface area contributed by atoms with Crippen molar-refractivity contribution in [3.8, 4) is 0 Å². The van der Waals surface area contributed by atoms with Gasteiger partial charge in [0.25, 0.3) is 0 Å². The molecule has 2 N–H and O–H groups in total. The van der Waals surface area contributed by atoms with E-state index >= 15 is 0 Å². The van der Waals surface area contributed by atoms with E-state index in [4.69, 9.17) is 0 Å². The summed E-state index contributed by atoms with van der Waals surface area (Å²) in [7, 11) is 1.87. The van der Waals surface area contributed by atoms with Gasteiger partial charge in [0.15, 0.2) is 0 Å². The SMILES string of the molecule is CNCCCC(=O)NCCSCc1ccccc1F. The molecule has 19 heavy (non-hydrogen) atoms. The maximum absolute atomic E-state index is 13.3. The molecule has 0 bridgehead atoms. The van der Waals surface area contributed by atoms with Crippen molar-refractivity contribution in [2.24, 2.45) is 0 Å². The zero-order valence-electron chi connectivity index (χ0n) is 11.2. The number of rotatable bonds is 9. The first-order chi connectivity index (χ1) is 9.24. The van der Waals surface area contributed by atoms with Crippen molar-refractivity contribution in [1.82, 2.24) is 10.6 Å². The van der Waals surface area contributed by atoms with Crippen molar-refractivity contribution in [2.45, 2.75) is 18.6 Å². The van der Waals surface area contributed by atoms with Gasteiger partial charge in [-0.2, -0.15) is 11.8 Å². The van der Waals surface area contributed by atoms with Crippen molar-refractivity contribution in [1.29, 1.82) is 0 Å². The summed E-state index contributed by atoms with van der Waals surface area (Å²) in [6.07, 6.45) is 1.41. The van der Waals surface area contributed by atoms with Crippen LogP contribution >= 0.6 is 11.8 Å². The zero-order chi connectivity index (χ0) is 13.9. The number of carbonyl (C=O) groups is 1. The number of thioether (sulfide) groups is 1. The van der Waals surface area contributed by atoms with Gasteiger partial charge in [0.1, 0.15) is 5.82 Å². The molecule has 106 valence electrons. The third-order valence-corrected chi connectivity index (χ3v) is 3.62. The first-order valence-corrected chi connectivity index (χ1v) is 7.62. The molecule has 0 aliphatic rings. The molecular formula is C14H21FN2OS. The van der Waals surface area contributed by atoms with E-state index in [9.17, 15) is 9.18 Å². The molecule has 1 aromatic carbocycles. The van der Waals surface area contributed by atoms with Crippen LogP contribution in [0.1, 0.15) is 18.4 Å². The van der Waals surface area contributed by atoms with E-state index in [2.05, 4.69) is 10.6 Å². The Morgan fingerprint density at radius 2 is 2.11 bits per heavy atom. The Hall–Kier alpha value is -1.07. The van der Waals surface area contributed by atoms with Gasteiger partial charge in [-0.1, -0.05) is 18.2 Å². The molecule has 1 aromatic rings. The molecule has 0 radical (unpaired) electrons. The lowest BCUT2D eigenvalue weighted by molar-refractivity contribution is -0.121. The molecule has 0 fully saturated rings. The number of benzene rings is 1. The summed E-state index contributed by atoms with van der Waals surface area (Å²) in [6.45, 7) is 1.49. The second kappa shape index (κ2) is 9.81. The van der Waals surface area contributed by atoms with Gasteiger partial charge in [-0.15, -0.1) is 0 Å². The second-order valence-electron chi connectivity index (χ2n) is 4.20. The summed E-state index contributed by atoms with van der Waals surface area (Å²) in [6, 6.07) is 6.79. The van der Waals surface area contributed by atoms with E-state index < -0.39 is 0 Å². The third-order valence-electron chi connectivity index (χ3n) is 2.61. The quantitative estimate of drug-likeness (QED) is 0.683. The van der Waals surface area contributed by atoms with E-state index in [1.165, 1.54) is 6.07 Å². The van der Waals surface area contributed by atoms with Crippen LogP contribution in [0.15, 0.2) is 24.3 Å². The fraction of sp³-hybridized carbons (Fsp3) is 0.500. The van der Waals surface area contributed by atoms with E-state index in [1.54, 1.807) is 23.9 Å². The van der Waals surface area contributed by atoms with E-state index in [0.717, 1.165) is 18.7 Å². The van der Waals surface area contributed by atoms with Crippen molar-refractivity contribution in [2.75, 3.05) is 25.9 Å². The number of nitrogens with one attached hydrogen (secondary N) is 2. The van der Waals surface area contributed by atoms with Crippen LogP contribution in [0.3, 0.4) is 0 Å². The van der Waals surface area contributed by atoms with Gasteiger partial charge in [-0.25, -0.2) is 4.39 Å². The van der Waals surface area contributed by atoms with Crippen LogP contribution in [-0.4, -0.2) is 31.8 Å². The molecule has 0 aliphatic carbocycles. The zero-order valence-corrected chi connectivity index (χ0v) is 12.1. The molecule has 5 heteroatoms. The Bertz CT molecular complexity index is 387. The standard InChI is InChI=1S/C14H21FN2OS/c1-16-8-4-7-14(18)17-9-10-19-11-12-5-2-3-6-13(12)15/h2-3,5-6,16H,4,7-11H2,1H3,(H,17,18). The Labute approximate surface area is 118 Å². The average Bonchev–Trinajstić information content (AvgIpc) is 2.41. The molecule has 0 saturated carbocycles. The highest BCUT2D eigenvalue weighted by Gasteiger charge is 2.02. The molecule has 1 rings (SSSR count). The summed E-state index contributed by atoms with van der Waals surface area (Å²) < 4.78 is 13.3. The number of amides is 1. The van der Waals surface area contributed by atoms with Gasteiger partial charge in [0.05, 0.1) is 0 Å². The minimum absolute atomic E-state index is 0.0849. The monoisotopic (exact) mass is 284 g/mol. The lowest BCUT2D eigenvalue weighted by Crippen LogP contribution is -2.26. The maximum Gasteiger partial charge on any atom is 0.220 e. The molecule has 0 unspecified atom stereocenters. The van der Waals surface area contributed by atoms with Crippen LogP contribution in [0.2, 0.25) is 0 Å². The molecule has 3 nitrogen and oxygen atoms in total. The van der Waals surface area contributed by atoms with E-state index in [0.29, 0.717) is 24.3 Å². The highest BCUT2D eigenvalue weighted by Crippen LogP contribution is 2.14. The predicted molar refractivity (Wildman–Crippen MR) is 78.7 cm³/mol. The topological polar surface area (TPSA) is 41.1 Å². The van der Waals surface area contributed by atoms with Gasteiger partial charge in [-0.3, -0.25) is 4.79 Å². The minimum atomic E-state index is -0.161. The van der Waals surface area contributed by atoms with Crippen LogP contribution in [0.4, 0.5) is 4.39 Å². The fourth-order valence-corrected chi connectivity index (χ4v) is 2.42. The van der Waals surface area contributed by atoms with Gasteiger partial charge in [-0.05, 0) is 31.6 Å². The van der Waals surface area contributed by atoms with Crippen LogP contribution in [0.25, 0.3) is 0 Å². The smallest absolute Gasteiger partial charge is 0.220 e. The molecule has 0 atom stereocenters. The highest BCUT2D eigenvalue weighted by molar-refractivity contribution is 7.98. The average molecular weight is 284 g/mol. The number of hydrogen-bond donors (Lipinski definition) is 2. The first-order valence-electron chi connectivity index (χ1n) is 6.46. The summed E-state index contributed by atoms with van der Waals surface area (Å²) in [5.41, 5.74) is 0.716. The Morgan fingerprint density at radius 3 is 2.84 bits per heavy atom. The third kappa shape index (κ3) is 7.18. The normalized spacial score (nSPS) is 10.4. The Kier molecular flexibility index (Phi) is 8.25. The minimum Gasteiger partial charge on any atom is -0.355 e. The Morgan fingerprint density at radius 1 is 1.32 bits per heavy atom. The van der Waals surface area contributed by atoms with Gasteiger partial charge in [0, 0.05) is 24.5 Å². The van der Waals surface area contributed by atoms with Gasteiger partial charge < -0.3 is 10.6 Å². The lowest BCUT2D eigenvalue weighted by Gasteiger charge is -2.06. The Balaban J connectivity index is 2.05. The van der Waals surface area contributed by atoms with Crippen LogP contribution in [0.5, 0.6) is 0 Å². The van der Waals surface area contributed by atoms with Crippen LogP contribution < -0.4 is 10.6 Å². The predicted octanol–water partition coefficient (Wildman–Crippen LogP) is 2.17. The highest BCUT2D eigenvalue weighted by atomic mass is 32.2. The summed E-state index contributed by atoms with van der Waals surface area (Å²) in [5, 5.41) is 5.86. The van der Waals surface area contributed by atoms with Crippen molar-refractivity contribution in [3.05, 3.63) is 35.6 Å². The summed E-state index contributed by atoms with van der Waals surface area (Å²) >= 11 is 1.62. The molecular weight excluding hydrogens is 263 g/mol. The van der Waals surface area contributed by atoms with Gasteiger partial charge >= 0.3 is 0 Å². The molecule has 0 heterocycles. The van der Waals surface area contributed by atoms with E-state index in [-0.39, 0.29) is 11.7 Å². The van der Waals surface area contributed by atoms with Crippen LogP contribution in [0, 0.1) is 5.82 Å². The van der Waals surface area contributed by atoms with Crippen LogP contribution in [-0.2, 0) is 10.5 Å². The van der Waals surface area contributed by atoms with Gasteiger partial charge in [0.2, 0.25) is 5.91 Å². The van der Waals surface area contributed by atoms with Crippen molar-refractivity contribution in [3.63, 3.8) is 0 Å². The number of hydrogen-bond acceptors (Lipinski definition) is 3.